The van der Waals surface area contributed by atoms with Gasteiger partial charge in [-0.05, 0) is 31.2 Å². The van der Waals surface area contributed by atoms with E-state index in [1.165, 1.54) is 12.1 Å². The lowest BCUT2D eigenvalue weighted by Gasteiger charge is -2.09. The zero-order chi connectivity index (χ0) is 15.7. The molecule has 0 unspecified atom stereocenters. The molecule has 0 saturated carbocycles. The van der Waals surface area contributed by atoms with Gasteiger partial charge in [-0.2, -0.15) is 8.42 Å². The monoisotopic (exact) mass is 315 g/mol. The highest BCUT2D eigenvalue weighted by Crippen LogP contribution is 2.25. The summed E-state index contributed by atoms with van der Waals surface area (Å²) >= 11 is 0. The van der Waals surface area contributed by atoms with Gasteiger partial charge in [-0.15, -0.1) is 0 Å². The van der Waals surface area contributed by atoms with E-state index in [-0.39, 0.29) is 10.6 Å². The third-order valence-electron chi connectivity index (χ3n) is 3.22. The molecular weight excluding hydrogens is 302 g/mol. The molecule has 3 aromatic rings. The van der Waals surface area contributed by atoms with Crippen molar-refractivity contribution in [2.24, 2.45) is 0 Å². The largest absolute Gasteiger partial charge is 0.378 e. The van der Waals surface area contributed by atoms with Gasteiger partial charge in [-0.1, -0.05) is 29.8 Å². The molecule has 22 heavy (non-hydrogen) atoms. The van der Waals surface area contributed by atoms with Crippen molar-refractivity contribution in [2.45, 2.75) is 11.8 Å². The lowest BCUT2D eigenvalue weighted by Crippen LogP contribution is -2.13. The highest BCUT2D eigenvalue weighted by Gasteiger charge is 2.18. The van der Waals surface area contributed by atoms with Crippen LogP contribution in [0.4, 0.5) is 0 Å². The van der Waals surface area contributed by atoms with Crippen LogP contribution in [0, 0.1) is 6.92 Å². The maximum atomic E-state index is 12.3. The number of rotatable bonds is 3. The number of H-pyrrole nitrogens is 1. The maximum absolute atomic E-state index is 12.3. The topological polar surface area (TPSA) is 76.2 Å². The zero-order valence-corrected chi connectivity index (χ0v) is 12.6. The fourth-order valence-corrected chi connectivity index (χ4v) is 3.05. The lowest BCUT2D eigenvalue weighted by molar-refractivity contribution is 0.488. The molecule has 5 nitrogen and oxygen atoms in total. The molecule has 0 aliphatic carbocycles. The number of fused-ring (bicyclic) bond motifs is 1. The number of nitrogens with one attached hydrogen (secondary N) is 1. The van der Waals surface area contributed by atoms with Crippen LogP contribution in [0.3, 0.4) is 0 Å². The van der Waals surface area contributed by atoms with Gasteiger partial charge in [0.1, 0.15) is 4.90 Å². The van der Waals surface area contributed by atoms with Gasteiger partial charge in [-0.25, -0.2) is 0 Å². The Morgan fingerprint density at radius 3 is 2.41 bits per heavy atom. The molecule has 0 radical (unpaired) electrons. The first kappa shape index (κ1) is 14.3. The van der Waals surface area contributed by atoms with Gasteiger partial charge in [0.2, 0.25) is 0 Å². The number of para-hydroxylation sites is 1. The van der Waals surface area contributed by atoms with Crippen LogP contribution in [0.1, 0.15) is 5.56 Å². The van der Waals surface area contributed by atoms with Crippen LogP contribution in [-0.2, 0) is 10.1 Å². The first-order chi connectivity index (χ1) is 10.5. The summed E-state index contributed by atoms with van der Waals surface area (Å²) in [4.78, 5) is 14.3. The average Bonchev–Trinajstić information content (AvgIpc) is 2.47. The van der Waals surface area contributed by atoms with Crippen molar-refractivity contribution in [3.05, 3.63) is 70.5 Å². The number of aromatic nitrogens is 1. The van der Waals surface area contributed by atoms with E-state index in [9.17, 15) is 13.2 Å². The molecule has 0 atom stereocenters. The van der Waals surface area contributed by atoms with Gasteiger partial charge in [0, 0.05) is 11.5 Å². The molecule has 112 valence electrons. The van der Waals surface area contributed by atoms with E-state index in [4.69, 9.17) is 4.18 Å². The summed E-state index contributed by atoms with van der Waals surface area (Å²) in [6.07, 6.45) is 0. The predicted octanol–water partition coefficient (Wildman–Crippen LogP) is 2.60. The van der Waals surface area contributed by atoms with Crippen LogP contribution in [0.5, 0.6) is 5.75 Å². The highest BCUT2D eigenvalue weighted by molar-refractivity contribution is 7.87. The fourth-order valence-electron chi connectivity index (χ4n) is 2.11. The van der Waals surface area contributed by atoms with Crippen molar-refractivity contribution in [1.29, 1.82) is 0 Å². The maximum Gasteiger partial charge on any atom is 0.339 e. The van der Waals surface area contributed by atoms with E-state index in [0.717, 1.165) is 11.6 Å². The first-order valence-corrected chi connectivity index (χ1v) is 8.00. The third-order valence-corrected chi connectivity index (χ3v) is 4.47. The molecule has 0 amide bonds. The van der Waals surface area contributed by atoms with Crippen LogP contribution < -0.4 is 9.74 Å². The summed E-state index contributed by atoms with van der Waals surface area (Å²) in [5.74, 6) is 0.0138. The van der Waals surface area contributed by atoms with Crippen LogP contribution >= 0.6 is 0 Å². The van der Waals surface area contributed by atoms with Gasteiger partial charge >= 0.3 is 10.1 Å². The Kier molecular flexibility index (Phi) is 3.46. The van der Waals surface area contributed by atoms with Crippen molar-refractivity contribution in [2.75, 3.05) is 0 Å². The zero-order valence-electron chi connectivity index (χ0n) is 11.7. The molecule has 0 aliphatic rings. The van der Waals surface area contributed by atoms with E-state index in [0.29, 0.717) is 10.9 Å². The van der Waals surface area contributed by atoms with Gasteiger partial charge in [0.15, 0.2) is 5.75 Å². The van der Waals surface area contributed by atoms with Gasteiger partial charge in [0.25, 0.3) is 5.56 Å². The van der Waals surface area contributed by atoms with Crippen LogP contribution in [0.2, 0.25) is 0 Å². The Balaban J connectivity index is 2.09. The predicted molar refractivity (Wildman–Crippen MR) is 83.6 cm³/mol. The van der Waals surface area contributed by atoms with E-state index in [1.54, 1.807) is 36.4 Å². The lowest BCUT2D eigenvalue weighted by atomic mass is 10.2. The van der Waals surface area contributed by atoms with Crippen LogP contribution in [-0.4, -0.2) is 13.4 Å². The minimum Gasteiger partial charge on any atom is -0.378 e. The van der Waals surface area contributed by atoms with E-state index in [1.807, 2.05) is 6.92 Å². The summed E-state index contributed by atoms with van der Waals surface area (Å²) in [6, 6.07) is 14.3. The fraction of sp³-hybridized carbons (Fsp3) is 0.0625. The second-order valence-corrected chi connectivity index (χ2v) is 6.44. The second kappa shape index (κ2) is 5.31. The smallest absolute Gasteiger partial charge is 0.339 e. The molecule has 1 N–H and O–H groups in total. The average molecular weight is 315 g/mol. The molecule has 0 bridgehead atoms. The summed E-state index contributed by atoms with van der Waals surface area (Å²) < 4.78 is 29.8. The van der Waals surface area contributed by atoms with E-state index < -0.39 is 15.7 Å². The Labute approximate surface area is 127 Å². The number of benzene rings is 2. The SMILES string of the molecule is Cc1ccc(S(=O)(=O)Oc2cc(=O)[nH]c3ccccc23)cc1. The van der Waals surface area contributed by atoms with E-state index in [2.05, 4.69) is 4.98 Å². The van der Waals surface area contributed by atoms with Crippen molar-refractivity contribution < 1.29 is 12.6 Å². The van der Waals surface area contributed by atoms with Crippen molar-refractivity contribution in [1.82, 2.24) is 4.98 Å². The molecule has 3 rings (SSSR count). The minimum absolute atomic E-state index is 0.0138. The Hall–Kier alpha value is -2.60. The number of pyridine rings is 1. The number of aromatic amines is 1. The van der Waals surface area contributed by atoms with Crippen LogP contribution in [0.15, 0.2) is 64.3 Å². The van der Waals surface area contributed by atoms with Crippen molar-refractivity contribution in [3.8, 4) is 5.75 Å². The highest BCUT2D eigenvalue weighted by atomic mass is 32.2. The Morgan fingerprint density at radius 1 is 1.00 bits per heavy atom. The Morgan fingerprint density at radius 2 is 1.68 bits per heavy atom. The molecular formula is C16H13NO4S. The molecule has 0 spiro atoms. The van der Waals surface area contributed by atoms with Crippen molar-refractivity contribution in [3.63, 3.8) is 0 Å². The van der Waals surface area contributed by atoms with Crippen molar-refractivity contribution >= 4 is 21.0 Å². The van der Waals surface area contributed by atoms with Gasteiger partial charge in [-0.3, -0.25) is 4.79 Å². The third kappa shape index (κ3) is 2.73. The number of aryl methyl sites for hydroxylation is 1. The molecule has 1 aromatic heterocycles. The molecule has 1 heterocycles. The summed E-state index contributed by atoms with van der Waals surface area (Å²) in [7, 11) is -3.99. The van der Waals surface area contributed by atoms with Crippen LogP contribution in [0.25, 0.3) is 10.9 Å². The molecule has 0 aliphatic heterocycles. The van der Waals surface area contributed by atoms with Gasteiger partial charge < -0.3 is 9.17 Å². The quantitative estimate of drug-likeness (QED) is 0.754. The van der Waals surface area contributed by atoms with E-state index >= 15 is 0 Å². The normalized spacial score (nSPS) is 11.5. The first-order valence-electron chi connectivity index (χ1n) is 6.59. The molecule has 2 aromatic carbocycles. The molecule has 0 fully saturated rings. The number of hydrogen-bond acceptors (Lipinski definition) is 4. The molecule has 6 heteroatoms. The summed E-state index contributed by atoms with van der Waals surface area (Å²) in [6.45, 7) is 1.86. The summed E-state index contributed by atoms with van der Waals surface area (Å²) in [5, 5.41) is 0.526. The standard InChI is InChI=1S/C16H13NO4S/c1-11-6-8-12(9-7-11)22(19,20)21-15-10-16(18)17-14-5-3-2-4-13(14)15/h2-10H,1H3,(H,17,18). The number of hydrogen-bond donors (Lipinski definition) is 1. The molecule has 0 saturated heterocycles. The van der Waals surface area contributed by atoms with Gasteiger partial charge in [0.05, 0.1) is 5.52 Å². The Bertz CT molecular complexity index is 989. The summed E-state index contributed by atoms with van der Waals surface area (Å²) in [5.41, 5.74) is 1.04. The second-order valence-electron chi connectivity index (χ2n) is 4.89. The minimum atomic E-state index is -3.99.